The first kappa shape index (κ1) is 10.9. The summed E-state index contributed by atoms with van der Waals surface area (Å²) in [4.78, 5) is 0. The van der Waals surface area contributed by atoms with Gasteiger partial charge in [-0.1, -0.05) is 17.7 Å². The van der Waals surface area contributed by atoms with Crippen LogP contribution in [0, 0.1) is 6.92 Å². The van der Waals surface area contributed by atoms with Gasteiger partial charge in [-0.3, -0.25) is 0 Å². The molecule has 0 aliphatic heterocycles. The van der Waals surface area contributed by atoms with Crippen LogP contribution < -0.4 is 5.32 Å². The topological polar surface area (TPSA) is 32.3 Å². The number of alkyl halides is 2. The molecular formula is C10H13F2NO. The summed E-state index contributed by atoms with van der Waals surface area (Å²) in [5.74, 6) is 0.136. The van der Waals surface area contributed by atoms with Gasteiger partial charge in [0.25, 0.3) is 6.43 Å². The summed E-state index contributed by atoms with van der Waals surface area (Å²) in [6, 6.07) is 5.11. The number of benzene rings is 1. The van der Waals surface area contributed by atoms with E-state index in [9.17, 15) is 13.9 Å². The Morgan fingerprint density at radius 3 is 2.79 bits per heavy atom. The van der Waals surface area contributed by atoms with Gasteiger partial charge in [-0.25, -0.2) is 8.78 Å². The number of hydrogen-bond donors (Lipinski definition) is 2. The third kappa shape index (κ3) is 3.30. The molecule has 0 aliphatic rings. The summed E-state index contributed by atoms with van der Waals surface area (Å²) in [5.41, 5.74) is 1.64. The molecule has 0 unspecified atom stereocenters. The molecule has 4 heteroatoms. The van der Waals surface area contributed by atoms with E-state index >= 15 is 0 Å². The standard InChI is InChI=1S/C10H13F2NO/c1-7-2-3-9(14)8(4-7)5-13-6-10(11)12/h2-4,10,13-14H,5-6H2,1H3. The third-order valence-corrected chi connectivity index (χ3v) is 1.85. The first-order valence-corrected chi connectivity index (χ1v) is 4.37. The van der Waals surface area contributed by atoms with Crippen molar-refractivity contribution in [2.45, 2.75) is 19.9 Å². The summed E-state index contributed by atoms with van der Waals surface area (Å²) in [6.45, 7) is 1.79. The van der Waals surface area contributed by atoms with Crippen molar-refractivity contribution in [1.29, 1.82) is 0 Å². The van der Waals surface area contributed by atoms with E-state index in [1.165, 1.54) is 0 Å². The zero-order valence-electron chi connectivity index (χ0n) is 7.93. The summed E-state index contributed by atoms with van der Waals surface area (Å²) < 4.78 is 23.6. The van der Waals surface area contributed by atoms with E-state index in [1.54, 1.807) is 18.2 Å². The number of hydrogen-bond acceptors (Lipinski definition) is 2. The average molecular weight is 201 g/mol. The average Bonchev–Trinajstić information content (AvgIpc) is 2.10. The highest BCUT2D eigenvalue weighted by molar-refractivity contribution is 5.35. The predicted octanol–water partition coefficient (Wildman–Crippen LogP) is 2.06. The lowest BCUT2D eigenvalue weighted by Gasteiger charge is -2.07. The maximum Gasteiger partial charge on any atom is 0.250 e. The molecule has 2 N–H and O–H groups in total. The summed E-state index contributed by atoms with van der Waals surface area (Å²) in [5, 5.41) is 11.9. The van der Waals surface area contributed by atoms with Crippen molar-refractivity contribution in [2.24, 2.45) is 0 Å². The molecule has 0 aliphatic carbocycles. The highest BCUT2D eigenvalue weighted by atomic mass is 19.3. The fourth-order valence-corrected chi connectivity index (χ4v) is 1.17. The number of aromatic hydroxyl groups is 1. The molecule has 0 aromatic heterocycles. The van der Waals surface area contributed by atoms with Gasteiger partial charge in [-0.2, -0.15) is 0 Å². The van der Waals surface area contributed by atoms with E-state index in [0.717, 1.165) is 5.56 Å². The largest absolute Gasteiger partial charge is 0.508 e. The molecule has 1 rings (SSSR count). The van der Waals surface area contributed by atoms with Crippen LogP contribution >= 0.6 is 0 Å². The molecule has 0 saturated carbocycles. The number of phenols is 1. The van der Waals surface area contributed by atoms with Crippen LogP contribution in [0.2, 0.25) is 0 Å². The lowest BCUT2D eigenvalue weighted by Crippen LogP contribution is -2.20. The molecule has 0 fully saturated rings. The summed E-state index contributed by atoms with van der Waals surface area (Å²) in [7, 11) is 0. The van der Waals surface area contributed by atoms with Gasteiger partial charge >= 0.3 is 0 Å². The zero-order valence-corrected chi connectivity index (χ0v) is 7.93. The zero-order chi connectivity index (χ0) is 10.6. The molecule has 0 spiro atoms. The fourth-order valence-electron chi connectivity index (χ4n) is 1.17. The minimum Gasteiger partial charge on any atom is -0.508 e. The van der Waals surface area contributed by atoms with Crippen LogP contribution in [0.25, 0.3) is 0 Å². The monoisotopic (exact) mass is 201 g/mol. The molecule has 1 aromatic carbocycles. The lowest BCUT2D eigenvalue weighted by molar-refractivity contribution is 0.145. The van der Waals surface area contributed by atoms with Gasteiger partial charge in [-0.15, -0.1) is 0 Å². The normalized spacial score (nSPS) is 10.9. The first-order valence-electron chi connectivity index (χ1n) is 4.37. The Morgan fingerprint density at radius 2 is 2.14 bits per heavy atom. The fraction of sp³-hybridized carbons (Fsp3) is 0.400. The van der Waals surface area contributed by atoms with Crippen LogP contribution in [-0.4, -0.2) is 18.1 Å². The SMILES string of the molecule is Cc1ccc(O)c(CNCC(F)F)c1. The number of nitrogens with one attached hydrogen (secondary N) is 1. The van der Waals surface area contributed by atoms with Gasteiger partial charge in [0, 0.05) is 12.1 Å². The highest BCUT2D eigenvalue weighted by Gasteiger charge is 2.04. The van der Waals surface area contributed by atoms with Crippen molar-refractivity contribution in [3.8, 4) is 5.75 Å². The van der Waals surface area contributed by atoms with Gasteiger partial charge in [0.05, 0.1) is 6.54 Å². The number of rotatable bonds is 4. The molecule has 0 heterocycles. The van der Waals surface area contributed by atoms with Gasteiger partial charge in [0.1, 0.15) is 5.75 Å². The smallest absolute Gasteiger partial charge is 0.250 e. The second kappa shape index (κ2) is 4.91. The Hall–Kier alpha value is -1.16. The Labute approximate surface area is 81.6 Å². The van der Waals surface area contributed by atoms with Crippen LogP contribution in [-0.2, 0) is 6.54 Å². The van der Waals surface area contributed by atoms with Crippen LogP contribution in [0.5, 0.6) is 5.75 Å². The number of aryl methyl sites for hydroxylation is 1. The quantitative estimate of drug-likeness (QED) is 0.781. The van der Waals surface area contributed by atoms with Crippen molar-refractivity contribution >= 4 is 0 Å². The van der Waals surface area contributed by atoms with Crippen molar-refractivity contribution in [3.63, 3.8) is 0 Å². The molecule has 0 saturated heterocycles. The van der Waals surface area contributed by atoms with Crippen LogP contribution in [0.3, 0.4) is 0 Å². The predicted molar refractivity (Wildman–Crippen MR) is 50.6 cm³/mol. The minimum atomic E-state index is -2.36. The molecule has 14 heavy (non-hydrogen) atoms. The molecular weight excluding hydrogens is 188 g/mol. The summed E-state index contributed by atoms with van der Waals surface area (Å²) >= 11 is 0. The van der Waals surface area contributed by atoms with Gasteiger partial charge in [-0.05, 0) is 13.0 Å². The van der Waals surface area contributed by atoms with E-state index in [1.807, 2.05) is 6.92 Å². The molecule has 78 valence electrons. The Balaban J connectivity index is 2.53. The van der Waals surface area contributed by atoms with Crippen molar-refractivity contribution in [3.05, 3.63) is 29.3 Å². The van der Waals surface area contributed by atoms with Crippen LogP contribution in [0.4, 0.5) is 8.78 Å². The van der Waals surface area contributed by atoms with Crippen molar-refractivity contribution < 1.29 is 13.9 Å². The van der Waals surface area contributed by atoms with E-state index in [4.69, 9.17) is 0 Å². The molecule has 2 nitrogen and oxygen atoms in total. The van der Waals surface area contributed by atoms with Crippen LogP contribution in [0.1, 0.15) is 11.1 Å². The van der Waals surface area contributed by atoms with Crippen molar-refractivity contribution in [2.75, 3.05) is 6.54 Å². The maximum absolute atomic E-state index is 11.8. The van der Waals surface area contributed by atoms with Gasteiger partial charge in [0.15, 0.2) is 0 Å². The Morgan fingerprint density at radius 1 is 1.43 bits per heavy atom. The highest BCUT2D eigenvalue weighted by Crippen LogP contribution is 2.17. The minimum absolute atomic E-state index is 0.136. The lowest BCUT2D eigenvalue weighted by atomic mass is 10.1. The number of halogens is 2. The first-order chi connectivity index (χ1) is 6.59. The Bertz CT molecular complexity index is 302. The van der Waals surface area contributed by atoms with E-state index in [2.05, 4.69) is 5.32 Å². The Kier molecular flexibility index (Phi) is 3.83. The molecule has 1 aromatic rings. The molecule has 0 bridgehead atoms. The van der Waals surface area contributed by atoms with Gasteiger partial charge in [0.2, 0.25) is 0 Å². The number of phenolic OH excluding ortho intramolecular Hbond substituents is 1. The van der Waals surface area contributed by atoms with E-state index < -0.39 is 6.43 Å². The van der Waals surface area contributed by atoms with E-state index in [0.29, 0.717) is 5.56 Å². The maximum atomic E-state index is 11.8. The summed E-state index contributed by atoms with van der Waals surface area (Å²) in [6.07, 6.45) is -2.36. The third-order valence-electron chi connectivity index (χ3n) is 1.85. The van der Waals surface area contributed by atoms with Crippen molar-refractivity contribution in [1.82, 2.24) is 5.32 Å². The molecule has 0 atom stereocenters. The molecule has 0 radical (unpaired) electrons. The second-order valence-electron chi connectivity index (χ2n) is 3.15. The second-order valence-corrected chi connectivity index (χ2v) is 3.15. The molecule has 0 amide bonds. The van der Waals surface area contributed by atoms with E-state index in [-0.39, 0.29) is 18.8 Å². The van der Waals surface area contributed by atoms with Gasteiger partial charge < -0.3 is 10.4 Å². The van der Waals surface area contributed by atoms with Crippen LogP contribution in [0.15, 0.2) is 18.2 Å².